The zero-order valence-corrected chi connectivity index (χ0v) is 15.2. The lowest BCUT2D eigenvalue weighted by molar-refractivity contribution is -0.383. The zero-order valence-electron chi connectivity index (χ0n) is 14.4. The molecular formula is C18H17N3O5S. The summed E-state index contributed by atoms with van der Waals surface area (Å²) in [4.78, 5) is 35.9. The molecule has 3 rings (SSSR count). The van der Waals surface area contributed by atoms with E-state index in [0.29, 0.717) is 18.0 Å². The highest BCUT2D eigenvalue weighted by atomic mass is 32.2. The predicted octanol–water partition coefficient (Wildman–Crippen LogP) is 3.44. The molecule has 2 amide bonds. The van der Waals surface area contributed by atoms with Crippen LogP contribution in [0.3, 0.4) is 0 Å². The highest BCUT2D eigenvalue weighted by Gasteiger charge is 2.30. The summed E-state index contributed by atoms with van der Waals surface area (Å²) in [6, 6.07) is 11.2. The van der Waals surface area contributed by atoms with Crippen molar-refractivity contribution in [2.75, 3.05) is 17.2 Å². The van der Waals surface area contributed by atoms with Crippen molar-refractivity contribution in [3.05, 3.63) is 52.6 Å². The monoisotopic (exact) mass is 387 g/mol. The lowest BCUT2D eigenvalue weighted by Gasteiger charge is -2.24. The van der Waals surface area contributed by atoms with Gasteiger partial charge in [-0.3, -0.25) is 19.7 Å². The second kappa shape index (κ2) is 8.09. The zero-order chi connectivity index (χ0) is 19.4. The number of para-hydroxylation sites is 2. The Morgan fingerprint density at radius 1 is 1.33 bits per heavy atom. The van der Waals surface area contributed by atoms with Crippen LogP contribution in [0.1, 0.15) is 13.3 Å². The Morgan fingerprint density at radius 3 is 2.85 bits per heavy atom. The van der Waals surface area contributed by atoms with Gasteiger partial charge in [-0.25, -0.2) is 0 Å². The van der Waals surface area contributed by atoms with Crippen LogP contribution in [0, 0.1) is 10.1 Å². The summed E-state index contributed by atoms with van der Waals surface area (Å²) in [5.41, 5.74) is 0.579. The van der Waals surface area contributed by atoms with Gasteiger partial charge in [0.15, 0.2) is 0 Å². The van der Waals surface area contributed by atoms with E-state index in [0.717, 1.165) is 4.90 Å². The van der Waals surface area contributed by atoms with Crippen LogP contribution in [0.25, 0.3) is 0 Å². The van der Waals surface area contributed by atoms with Gasteiger partial charge in [-0.05, 0) is 31.2 Å². The maximum absolute atomic E-state index is 12.3. The number of carbonyl (C=O) groups is 2. The first-order valence-corrected chi connectivity index (χ1v) is 9.13. The average molecular weight is 387 g/mol. The minimum Gasteiger partial charge on any atom is -0.494 e. The number of benzene rings is 2. The summed E-state index contributed by atoms with van der Waals surface area (Å²) >= 11 is 1.27. The van der Waals surface area contributed by atoms with Gasteiger partial charge in [0.2, 0.25) is 11.8 Å². The third kappa shape index (κ3) is 4.37. The van der Waals surface area contributed by atoms with Crippen LogP contribution in [-0.2, 0) is 9.59 Å². The number of nitrogens with one attached hydrogen (secondary N) is 2. The number of carbonyl (C=O) groups excluding carboxylic acids is 2. The van der Waals surface area contributed by atoms with Crippen molar-refractivity contribution in [3.63, 3.8) is 0 Å². The van der Waals surface area contributed by atoms with Crippen LogP contribution in [0.15, 0.2) is 47.4 Å². The number of nitro benzene ring substituents is 1. The Morgan fingerprint density at radius 2 is 2.11 bits per heavy atom. The largest absolute Gasteiger partial charge is 0.494 e. The van der Waals surface area contributed by atoms with Gasteiger partial charge in [-0.1, -0.05) is 12.1 Å². The quantitative estimate of drug-likeness (QED) is 0.580. The molecule has 0 aliphatic carbocycles. The maximum Gasteiger partial charge on any atom is 0.292 e. The minimum atomic E-state index is -0.642. The number of nitro groups is 1. The number of hydrogen-bond donors (Lipinski definition) is 2. The third-order valence-corrected chi connectivity index (χ3v) is 5.09. The third-order valence-electron chi connectivity index (χ3n) is 3.83. The van der Waals surface area contributed by atoms with Gasteiger partial charge in [0.25, 0.3) is 5.69 Å². The van der Waals surface area contributed by atoms with Gasteiger partial charge in [0.05, 0.1) is 22.5 Å². The topological polar surface area (TPSA) is 111 Å². The van der Waals surface area contributed by atoms with E-state index in [1.807, 2.05) is 13.0 Å². The second-order valence-corrected chi connectivity index (χ2v) is 6.96. The Balaban J connectivity index is 1.71. The summed E-state index contributed by atoms with van der Waals surface area (Å²) < 4.78 is 5.46. The standard InChI is InChI=1S/C18H17N3O5S/c1-2-26-11-7-8-13-15(9-11)27-16(18(23)20-13)10-17(22)19-12-5-3-4-6-14(12)21(24)25/h3-9,16H,2,10H2,1H3,(H,19,22)(H,20,23). The van der Waals surface area contributed by atoms with Crippen LogP contribution in [0.5, 0.6) is 5.75 Å². The SMILES string of the molecule is CCOc1ccc2c(c1)SC(CC(=O)Nc1ccccc1[N+](=O)[O-])C(=O)N2. The number of ether oxygens (including phenoxy) is 1. The average Bonchev–Trinajstić information content (AvgIpc) is 2.63. The molecule has 0 saturated heterocycles. The molecule has 2 aromatic rings. The number of amides is 2. The van der Waals surface area contributed by atoms with Crippen molar-refractivity contribution in [1.29, 1.82) is 0 Å². The van der Waals surface area contributed by atoms with Gasteiger partial charge in [0, 0.05) is 17.4 Å². The molecule has 1 aliphatic heterocycles. The van der Waals surface area contributed by atoms with Crippen molar-refractivity contribution in [2.45, 2.75) is 23.5 Å². The van der Waals surface area contributed by atoms with Crippen LogP contribution in [-0.4, -0.2) is 28.6 Å². The summed E-state index contributed by atoms with van der Waals surface area (Å²) in [7, 11) is 0. The normalized spacial score (nSPS) is 15.4. The van der Waals surface area contributed by atoms with Crippen molar-refractivity contribution in [1.82, 2.24) is 0 Å². The van der Waals surface area contributed by atoms with Crippen LogP contribution in [0.2, 0.25) is 0 Å². The number of fused-ring (bicyclic) bond motifs is 1. The number of rotatable bonds is 6. The first-order valence-electron chi connectivity index (χ1n) is 8.25. The molecule has 0 radical (unpaired) electrons. The van der Waals surface area contributed by atoms with Gasteiger partial charge in [-0.15, -0.1) is 11.8 Å². The molecule has 2 N–H and O–H groups in total. The molecule has 1 aliphatic rings. The molecule has 140 valence electrons. The van der Waals surface area contributed by atoms with Gasteiger partial charge in [0.1, 0.15) is 11.4 Å². The number of thioether (sulfide) groups is 1. The molecule has 2 aromatic carbocycles. The van der Waals surface area contributed by atoms with Crippen LogP contribution >= 0.6 is 11.8 Å². The van der Waals surface area contributed by atoms with E-state index in [1.54, 1.807) is 18.2 Å². The van der Waals surface area contributed by atoms with E-state index in [9.17, 15) is 19.7 Å². The highest BCUT2D eigenvalue weighted by Crippen LogP contribution is 2.39. The predicted molar refractivity (Wildman–Crippen MR) is 102 cm³/mol. The minimum absolute atomic E-state index is 0.104. The molecule has 0 fully saturated rings. The fourth-order valence-electron chi connectivity index (χ4n) is 2.62. The van der Waals surface area contributed by atoms with Crippen molar-refractivity contribution in [2.24, 2.45) is 0 Å². The number of anilines is 2. The van der Waals surface area contributed by atoms with Crippen LogP contribution < -0.4 is 15.4 Å². The van der Waals surface area contributed by atoms with E-state index >= 15 is 0 Å². The molecule has 1 unspecified atom stereocenters. The first kappa shape index (κ1) is 18.7. The van der Waals surface area contributed by atoms with E-state index in [4.69, 9.17) is 4.74 Å². The van der Waals surface area contributed by atoms with Crippen molar-refractivity contribution < 1.29 is 19.2 Å². The first-order chi connectivity index (χ1) is 13.0. The van der Waals surface area contributed by atoms with E-state index in [-0.39, 0.29) is 23.7 Å². The fraction of sp³-hybridized carbons (Fsp3) is 0.222. The summed E-state index contributed by atoms with van der Waals surface area (Å²) in [6.07, 6.45) is -0.110. The molecule has 9 heteroatoms. The molecule has 8 nitrogen and oxygen atoms in total. The van der Waals surface area contributed by atoms with Gasteiger partial charge >= 0.3 is 0 Å². The van der Waals surface area contributed by atoms with E-state index in [1.165, 1.54) is 30.0 Å². The van der Waals surface area contributed by atoms with Crippen molar-refractivity contribution >= 4 is 40.6 Å². The van der Waals surface area contributed by atoms with E-state index < -0.39 is 16.1 Å². The molecule has 0 spiro atoms. The second-order valence-electron chi connectivity index (χ2n) is 5.71. The number of hydrogen-bond acceptors (Lipinski definition) is 6. The molecule has 0 bridgehead atoms. The Kier molecular flexibility index (Phi) is 5.60. The molecule has 1 atom stereocenters. The molecule has 1 heterocycles. The van der Waals surface area contributed by atoms with Crippen molar-refractivity contribution in [3.8, 4) is 5.75 Å². The lowest BCUT2D eigenvalue weighted by Crippen LogP contribution is -2.32. The van der Waals surface area contributed by atoms with Gasteiger partial charge < -0.3 is 15.4 Å². The summed E-state index contributed by atoms with van der Waals surface area (Å²) in [5.74, 6) is -0.0706. The van der Waals surface area contributed by atoms with Gasteiger partial charge in [-0.2, -0.15) is 0 Å². The Labute approximate surface area is 159 Å². The molecular weight excluding hydrogens is 370 g/mol. The molecule has 0 aromatic heterocycles. The Hall–Kier alpha value is -3.07. The van der Waals surface area contributed by atoms with E-state index in [2.05, 4.69) is 10.6 Å². The summed E-state index contributed by atoms with van der Waals surface area (Å²) in [5, 5.41) is 15.7. The lowest BCUT2D eigenvalue weighted by atomic mass is 10.2. The Bertz CT molecular complexity index is 902. The summed E-state index contributed by atoms with van der Waals surface area (Å²) in [6.45, 7) is 2.40. The van der Waals surface area contributed by atoms with Crippen LogP contribution in [0.4, 0.5) is 17.1 Å². The maximum atomic E-state index is 12.3. The molecule has 0 saturated carbocycles. The fourth-order valence-corrected chi connectivity index (χ4v) is 3.76. The smallest absolute Gasteiger partial charge is 0.292 e. The molecule has 27 heavy (non-hydrogen) atoms. The highest BCUT2D eigenvalue weighted by molar-refractivity contribution is 8.01. The number of nitrogens with zero attached hydrogens (tertiary/aromatic N) is 1.